The van der Waals surface area contributed by atoms with Crippen LogP contribution < -0.4 is 5.32 Å². The predicted molar refractivity (Wildman–Crippen MR) is 62.4 cm³/mol. The molecule has 0 atom stereocenters. The van der Waals surface area contributed by atoms with Crippen LogP contribution >= 0.6 is 11.6 Å². The Kier molecular flexibility index (Phi) is 3.54. The number of halogens is 1. The number of nitrogens with zero attached hydrogens (tertiary/aromatic N) is 2. The average Bonchev–Trinajstić information content (AvgIpc) is 2.75. The van der Waals surface area contributed by atoms with Crippen LogP contribution in [0.25, 0.3) is 11.5 Å². The summed E-state index contributed by atoms with van der Waals surface area (Å²) in [4.78, 5) is 4.28. The highest BCUT2D eigenvalue weighted by Gasteiger charge is 2.10. The Bertz CT molecular complexity index is 470. The number of rotatable bonds is 4. The molecule has 5 heteroatoms. The second-order valence-corrected chi connectivity index (χ2v) is 3.76. The summed E-state index contributed by atoms with van der Waals surface area (Å²) in [5.41, 5.74) is 0.771. The molecule has 1 aromatic heterocycles. The summed E-state index contributed by atoms with van der Waals surface area (Å²) in [6.07, 6.45) is 0.741. The zero-order chi connectivity index (χ0) is 11.4. The molecule has 0 saturated heterocycles. The van der Waals surface area contributed by atoms with Crippen molar-refractivity contribution in [2.24, 2.45) is 0 Å². The molecule has 0 bridgehead atoms. The molecule has 84 valence electrons. The van der Waals surface area contributed by atoms with Crippen LogP contribution in [0.2, 0.25) is 5.02 Å². The molecule has 2 rings (SSSR count). The van der Waals surface area contributed by atoms with E-state index >= 15 is 0 Å². The molecule has 4 nitrogen and oxygen atoms in total. The van der Waals surface area contributed by atoms with Gasteiger partial charge in [-0.3, -0.25) is 0 Å². The van der Waals surface area contributed by atoms with E-state index in [-0.39, 0.29) is 0 Å². The van der Waals surface area contributed by atoms with Crippen LogP contribution in [0.15, 0.2) is 28.8 Å². The SMILES string of the molecule is CNCCc1noc(-c2ccccc2Cl)n1. The van der Waals surface area contributed by atoms with Crippen molar-refractivity contribution in [2.75, 3.05) is 13.6 Å². The fourth-order valence-electron chi connectivity index (χ4n) is 1.34. The lowest BCUT2D eigenvalue weighted by atomic mass is 10.2. The maximum absolute atomic E-state index is 6.03. The Balaban J connectivity index is 2.22. The molecule has 0 spiro atoms. The first-order chi connectivity index (χ1) is 7.81. The van der Waals surface area contributed by atoms with Crippen molar-refractivity contribution < 1.29 is 4.52 Å². The van der Waals surface area contributed by atoms with Gasteiger partial charge in [0.05, 0.1) is 10.6 Å². The summed E-state index contributed by atoms with van der Waals surface area (Å²) in [7, 11) is 1.88. The quantitative estimate of drug-likeness (QED) is 0.885. The Morgan fingerprint density at radius 3 is 2.94 bits per heavy atom. The standard InChI is InChI=1S/C11H12ClN3O/c1-13-7-6-10-14-11(16-15-10)8-4-2-3-5-9(8)12/h2-5,13H,6-7H2,1H3. The van der Waals surface area contributed by atoms with Crippen molar-refractivity contribution in [1.82, 2.24) is 15.5 Å². The molecule has 0 amide bonds. The molecule has 0 fully saturated rings. The highest BCUT2D eigenvalue weighted by Crippen LogP contribution is 2.25. The minimum atomic E-state index is 0.469. The molecule has 1 heterocycles. The molecule has 16 heavy (non-hydrogen) atoms. The highest BCUT2D eigenvalue weighted by atomic mass is 35.5. The Hall–Kier alpha value is -1.39. The van der Waals surface area contributed by atoms with Crippen molar-refractivity contribution in [1.29, 1.82) is 0 Å². The third-order valence-electron chi connectivity index (χ3n) is 2.17. The zero-order valence-electron chi connectivity index (χ0n) is 8.90. The van der Waals surface area contributed by atoms with Gasteiger partial charge in [-0.2, -0.15) is 4.98 Å². The first-order valence-electron chi connectivity index (χ1n) is 5.03. The first kappa shape index (κ1) is 11.1. The van der Waals surface area contributed by atoms with E-state index in [4.69, 9.17) is 16.1 Å². The minimum Gasteiger partial charge on any atom is -0.334 e. The molecule has 0 aliphatic rings. The van der Waals surface area contributed by atoms with E-state index in [0.717, 1.165) is 18.5 Å². The molecule has 0 aliphatic carbocycles. The predicted octanol–water partition coefficient (Wildman–Crippen LogP) is 2.15. The lowest BCUT2D eigenvalue weighted by Crippen LogP contribution is -2.10. The lowest BCUT2D eigenvalue weighted by molar-refractivity contribution is 0.422. The van der Waals surface area contributed by atoms with E-state index in [2.05, 4.69) is 15.5 Å². The molecule has 0 aliphatic heterocycles. The van der Waals surface area contributed by atoms with Crippen LogP contribution in [-0.4, -0.2) is 23.7 Å². The van der Waals surface area contributed by atoms with E-state index in [9.17, 15) is 0 Å². The van der Waals surface area contributed by atoms with Gasteiger partial charge in [-0.05, 0) is 19.2 Å². The van der Waals surface area contributed by atoms with Crippen molar-refractivity contribution in [3.05, 3.63) is 35.1 Å². The van der Waals surface area contributed by atoms with Gasteiger partial charge in [0.15, 0.2) is 5.82 Å². The van der Waals surface area contributed by atoms with Crippen LogP contribution in [0, 0.1) is 0 Å². The smallest absolute Gasteiger partial charge is 0.259 e. The lowest BCUT2D eigenvalue weighted by Gasteiger charge is -1.95. The second-order valence-electron chi connectivity index (χ2n) is 3.35. The number of hydrogen-bond acceptors (Lipinski definition) is 4. The molecular formula is C11H12ClN3O. The first-order valence-corrected chi connectivity index (χ1v) is 5.41. The number of benzene rings is 1. The molecule has 1 N–H and O–H groups in total. The van der Waals surface area contributed by atoms with E-state index in [1.54, 1.807) is 6.07 Å². The van der Waals surface area contributed by atoms with Gasteiger partial charge < -0.3 is 9.84 Å². The van der Waals surface area contributed by atoms with Gasteiger partial charge in [-0.1, -0.05) is 28.9 Å². The third kappa shape index (κ3) is 2.40. The molecule has 0 unspecified atom stereocenters. The van der Waals surface area contributed by atoms with Gasteiger partial charge >= 0.3 is 0 Å². The fourth-order valence-corrected chi connectivity index (χ4v) is 1.55. The average molecular weight is 238 g/mol. The van der Waals surface area contributed by atoms with Gasteiger partial charge in [0, 0.05) is 13.0 Å². The summed E-state index contributed by atoms with van der Waals surface area (Å²) in [5, 5.41) is 7.53. The largest absolute Gasteiger partial charge is 0.334 e. The van der Waals surface area contributed by atoms with Gasteiger partial charge in [0.2, 0.25) is 0 Å². The Labute approximate surface area is 98.6 Å². The molecule has 1 aromatic carbocycles. The Morgan fingerprint density at radius 2 is 2.19 bits per heavy atom. The van der Waals surface area contributed by atoms with Gasteiger partial charge in [0.1, 0.15) is 0 Å². The van der Waals surface area contributed by atoms with Crippen LogP contribution in [0.4, 0.5) is 0 Å². The van der Waals surface area contributed by atoms with E-state index < -0.39 is 0 Å². The van der Waals surface area contributed by atoms with E-state index in [1.807, 2.05) is 25.2 Å². The number of nitrogens with one attached hydrogen (secondary N) is 1. The summed E-state index contributed by atoms with van der Waals surface area (Å²) in [5.74, 6) is 1.15. The highest BCUT2D eigenvalue weighted by molar-refractivity contribution is 6.33. The van der Waals surface area contributed by atoms with Crippen LogP contribution in [0.1, 0.15) is 5.82 Å². The number of aromatic nitrogens is 2. The minimum absolute atomic E-state index is 0.469. The van der Waals surface area contributed by atoms with Gasteiger partial charge in [-0.25, -0.2) is 0 Å². The van der Waals surface area contributed by atoms with Gasteiger partial charge in [-0.15, -0.1) is 0 Å². The molecule has 2 aromatic rings. The van der Waals surface area contributed by atoms with E-state index in [1.165, 1.54) is 0 Å². The van der Waals surface area contributed by atoms with Crippen LogP contribution in [-0.2, 0) is 6.42 Å². The maximum Gasteiger partial charge on any atom is 0.259 e. The van der Waals surface area contributed by atoms with E-state index in [0.29, 0.717) is 16.7 Å². The molecule has 0 saturated carbocycles. The van der Waals surface area contributed by atoms with Crippen molar-refractivity contribution in [3.63, 3.8) is 0 Å². The molecule has 0 radical (unpaired) electrons. The number of hydrogen-bond donors (Lipinski definition) is 1. The van der Waals surface area contributed by atoms with Crippen molar-refractivity contribution >= 4 is 11.6 Å². The summed E-state index contributed by atoms with van der Waals surface area (Å²) in [6.45, 7) is 0.821. The summed E-state index contributed by atoms with van der Waals surface area (Å²) in [6, 6.07) is 7.41. The fraction of sp³-hybridized carbons (Fsp3) is 0.273. The maximum atomic E-state index is 6.03. The van der Waals surface area contributed by atoms with Crippen LogP contribution in [0.5, 0.6) is 0 Å². The summed E-state index contributed by atoms with van der Waals surface area (Å²) < 4.78 is 5.16. The van der Waals surface area contributed by atoms with Crippen molar-refractivity contribution in [2.45, 2.75) is 6.42 Å². The summed E-state index contributed by atoms with van der Waals surface area (Å²) >= 11 is 6.03. The topological polar surface area (TPSA) is 51.0 Å². The normalized spacial score (nSPS) is 10.6. The second kappa shape index (κ2) is 5.09. The van der Waals surface area contributed by atoms with Crippen molar-refractivity contribution in [3.8, 4) is 11.5 Å². The number of likely N-dealkylation sites (N-methyl/N-ethyl adjacent to an activating group) is 1. The Morgan fingerprint density at radius 1 is 1.38 bits per heavy atom. The van der Waals surface area contributed by atoms with Gasteiger partial charge in [0.25, 0.3) is 5.89 Å². The third-order valence-corrected chi connectivity index (χ3v) is 2.50. The monoisotopic (exact) mass is 237 g/mol. The van der Waals surface area contributed by atoms with Crippen LogP contribution in [0.3, 0.4) is 0 Å². The molecular weight excluding hydrogens is 226 g/mol. The zero-order valence-corrected chi connectivity index (χ0v) is 9.66.